The summed E-state index contributed by atoms with van der Waals surface area (Å²) in [6.07, 6.45) is 6.62. The zero-order valence-corrected chi connectivity index (χ0v) is 19.5. The van der Waals surface area contributed by atoms with Crippen molar-refractivity contribution >= 4 is 21.3 Å². The highest BCUT2D eigenvalue weighted by atomic mass is 127. The molecule has 1 unspecified atom stereocenters. The van der Waals surface area contributed by atoms with Gasteiger partial charge in [-0.2, -0.15) is 0 Å². The lowest BCUT2D eigenvalue weighted by molar-refractivity contribution is 0.117. The van der Waals surface area contributed by atoms with Crippen molar-refractivity contribution in [2.45, 2.75) is 39.3 Å². The number of ether oxygens (including phenoxy) is 1. The molecule has 0 radical (unpaired) electrons. The van der Waals surface area contributed by atoms with Crippen LogP contribution in [0.25, 0.3) is 14.8 Å². The van der Waals surface area contributed by atoms with E-state index in [2.05, 4.69) is 45.2 Å². The average molecular weight is 506 g/mol. The van der Waals surface area contributed by atoms with Crippen LogP contribution in [0.15, 0.2) is 45.4 Å². The molecule has 0 amide bonds. The summed E-state index contributed by atoms with van der Waals surface area (Å²) in [4.78, 5) is 7.70. The van der Waals surface area contributed by atoms with Gasteiger partial charge in [-0.3, -0.25) is 8.05 Å². The van der Waals surface area contributed by atoms with Crippen LogP contribution in [0.3, 0.4) is 0 Å². The number of methoxy groups -OCH3 is 1. The molecule has 0 fully saturated rings. The number of fused-ring (bicyclic) bond motifs is 1. The first kappa shape index (κ1) is 20.7. The van der Waals surface area contributed by atoms with E-state index < -0.39 is 0 Å². The van der Waals surface area contributed by atoms with Crippen molar-refractivity contribution in [1.29, 1.82) is 0 Å². The first-order chi connectivity index (χ1) is 14.2. The van der Waals surface area contributed by atoms with Crippen molar-refractivity contribution < 1.29 is 4.74 Å². The number of halogens is 1. The Labute approximate surface area is 183 Å². The molecule has 3 heterocycles. The van der Waals surface area contributed by atoms with Gasteiger partial charge in [0.1, 0.15) is 11.6 Å². The maximum absolute atomic E-state index is 5.58. The zero-order valence-electron chi connectivity index (χ0n) is 17.4. The number of benzene rings is 1. The Hall–Kier alpha value is -1.58. The molecule has 6 nitrogen and oxygen atoms in total. The number of para-hydroxylation sites is 1. The van der Waals surface area contributed by atoms with Crippen LogP contribution < -0.4 is 4.74 Å². The number of aromatic nitrogens is 2. The zero-order chi connectivity index (χ0) is 20.2. The van der Waals surface area contributed by atoms with Gasteiger partial charge >= 0.3 is 0 Å². The maximum Gasteiger partial charge on any atom is 0.128 e. The second-order valence-electron chi connectivity index (χ2n) is 7.67. The quantitative estimate of drug-likeness (QED) is 0.473. The van der Waals surface area contributed by atoms with Crippen LogP contribution in [0.2, 0.25) is 0 Å². The molecule has 0 saturated carbocycles. The molecule has 0 N–H and O–H groups in total. The third-order valence-corrected chi connectivity index (χ3v) is 7.44. The lowest BCUT2D eigenvalue weighted by Gasteiger charge is -2.39. The Kier molecular flexibility index (Phi) is 6.77. The Bertz CT molecular complexity index is 906. The van der Waals surface area contributed by atoms with E-state index in [1.807, 2.05) is 18.2 Å². The first-order valence-electron chi connectivity index (χ1n) is 10.4. The van der Waals surface area contributed by atoms with E-state index in [9.17, 15) is 0 Å². The van der Waals surface area contributed by atoms with Gasteiger partial charge < -0.3 is 12.8 Å². The number of hydrogen-bond acceptors (Lipinski definition) is 4. The van der Waals surface area contributed by atoms with Crippen LogP contribution >= 0.6 is 21.3 Å². The smallest absolute Gasteiger partial charge is 0.128 e. The molecular weight excluding hydrogens is 477 g/mol. The van der Waals surface area contributed by atoms with Gasteiger partial charge in [0.15, 0.2) is 0 Å². The maximum atomic E-state index is 5.58. The van der Waals surface area contributed by atoms with Gasteiger partial charge in [0.25, 0.3) is 0 Å². The topological polar surface area (TPSA) is 56.8 Å². The van der Waals surface area contributed by atoms with Crippen molar-refractivity contribution in [3.63, 3.8) is 0 Å². The van der Waals surface area contributed by atoms with Crippen LogP contribution in [0, 0.1) is 5.92 Å². The third-order valence-electron chi connectivity index (χ3n) is 5.82. The molecule has 2 atom stereocenters. The fourth-order valence-electron chi connectivity index (χ4n) is 4.11. The van der Waals surface area contributed by atoms with Crippen LogP contribution in [-0.2, 0) is 6.54 Å². The summed E-state index contributed by atoms with van der Waals surface area (Å²) in [7, 11) is 1.72. The minimum Gasteiger partial charge on any atom is -0.588 e. The summed E-state index contributed by atoms with van der Waals surface area (Å²) in [5.41, 5.74) is 3.27. The normalized spacial score (nSPS) is 20.9. The number of imidazole rings is 1. The van der Waals surface area contributed by atoms with Gasteiger partial charge in [-0.25, -0.2) is 4.98 Å². The minimum absolute atomic E-state index is 0.298. The molecule has 156 valence electrons. The number of nitrogens with zero attached hydrogens (tertiary/aromatic N) is 5. The summed E-state index contributed by atoms with van der Waals surface area (Å²) < 4.78 is 17.2. The van der Waals surface area contributed by atoms with E-state index in [0.29, 0.717) is 12.0 Å². The highest BCUT2D eigenvalue weighted by molar-refractivity contribution is 14.2. The molecule has 29 heavy (non-hydrogen) atoms. The average Bonchev–Trinajstić information content (AvgIpc) is 3.02. The Morgan fingerprint density at radius 1 is 1.31 bits per heavy atom. The highest BCUT2D eigenvalue weighted by Crippen LogP contribution is 2.37. The predicted octanol–water partition coefficient (Wildman–Crippen LogP) is 5.69. The fourth-order valence-corrected chi connectivity index (χ4v) is 5.39. The summed E-state index contributed by atoms with van der Waals surface area (Å²) in [5.74, 6) is 2.56. The van der Waals surface area contributed by atoms with E-state index in [0.717, 1.165) is 56.0 Å². The van der Waals surface area contributed by atoms with Gasteiger partial charge in [-0.05, 0) is 18.1 Å². The molecule has 1 aromatic heterocycles. The molecule has 2 aliphatic heterocycles. The van der Waals surface area contributed by atoms with E-state index in [1.165, 1.54) is 11.5 Å². The van der Waals surface area contributed by atoms with Gasteiger partial charge in [0, 0.05) is 31.4 Å². The van der Waals surface area contributed by atoms with Gasteiger partial charge in [-0.15, -0.1) is 27.9 Å². The molecule has 4 rings (SSSR count). The second kappa shape index (κ2) is 9.49. The molecule has 2 aromatic rings. The predicted molar refractivity (Wildman–Crippen MR) is 125 cm³/mol. The second-order valence-corrected chi connectivity index (χ2v) is 9.26. The lowest BCUT2D eigenvalue weighted by atomic mass is 9.95. The van der Waals surface area contributed by atoms with E-state index in [-0.39, 0.29) is 21.3 Å². The highest BCUT2D eigenvalue weighted by Gasteiger charge is 2.33. The van der Waals surface area contributed by atoms with Crippen molar-refractivity contribution in [2.24, 2.45) is 9.06 Å². The summed E-state index contributed by atoms with van der Waals surface area (Å²) in [6.45, 7) is 8.42. The molecular formula is C22H29IN5O-. The van der Waals surface area contributed by atoms with E-state index >= 15 is 0 Å². The number of hydrogen-bond donors (Lipinski definition) is 0. The first-order valence-corrected chi connectivity index (χ1v) is 12.3. The van der Waals surface area contributed by atoms with Crippen LogP contribution in [0.4, 0.5) is 0 Å². The lowest BCUT2D eigenvalue weighted by Crippen LogP contribution is -2.42. The third kappa shape index (κ3) is 4.46. The molecule has 0 spiro atoms. The van der Waals surface area contributed by atoms with E-state index in [1.54, 1.807) is 7.11 Å². The number of rotatable bonds is 6. The van der Waals surface area contributed by atoms with Crippen molar-refractivity contribution in [3.05, 3.63) is 51.6 Å². The van der Waals surface area contributed by atoms with E-state index in [4.69, 9.17) is 12.9 Å². The van der Waals surface area contributed by atoms with Crippen molar-refractivity contribution in [1.82, 2.24) is 14.5 Å². The summed E-state index contributed by atoms with van der Waals surface area (Å²) >= 11 is -0.382. The monoisotopic (exact) mass is 506 g/mol. The summed E-state index contributed by atoms with van der Waals surface area (Å²) in [6, 6.07) is 8.43. The van der Waals surface area contributed by atoms with Gasteiger partial charge in [0.05, 0.1) is 24.5 Å². The fraction of sp³-hybridized carbons (Fsp3) is 0.500. The van der Waals surface area contributed by atoms with Crippen molar-refractivity contribution in [3.8, 4) is 17.0 Å². The molecule has 0 saturated heterocycles. The van der Waals surface area contributed by atoms with Crippen LogP contribution in [0.1, 0.15) is 38.6 Å². The Balaban J connectivity index is 1.67. The Morgan fingerprint density at radius 2 is 2.17 bits per heavy atom. The largest absolute Gasteiger partial charge is 0.588 e. The standard InChI is InChI=1S/C22H29IN5O/c1-4-16(2)21-22-25-19(18-9-5-6-10-20(18)29-3)15-28(22)13-12-27(21)14-17-8-7-11-24-23-26-17/h5-6,8-10,15-16,21H,4,7,11-14H2,1-3H3/q-1/t16?,21-/m0/s1. The molecule has 0 aliphatic carbocycles. The molecule has 0 bridgehead atoms. The van der Waals surface area contributed by atoms with Crippen molar-refractivity contribution in [2.75, 3.05) is 26.7 Å². The van der Waals surface area contributed by atoms with Gasteiger partial charge in [0.2, 0.25) is 0 Å². The summed E-state index contributed by atoms with van der Waals surface area (Å²) in [5, 5.41) is 0. The van der Waals surface area contributed by atoms with Gasteiger partial charge in [-0.1, -0.05) is 44.9 Å². The molecule has 7 heteroatoms. The molecule has 2 aliphatic rings. The minimum atomic E-state index is -0.382. The SMILES string of the molecule is CCC(C)[C@H]1c2nc(-c3ccccc3OC)cn2CCN1CC1=CCC[N-]I=N1. The molecule has 1 aromatic carbocycles. The van der Waals surface area contributed by atoms with Crippen LogP contribution in [-0.4, -0.2) is 41.2 Å². The van der Waals surface area contributed by atoms with Crippen LogP contribution in [0.5, 0.6) is 5.75 Å². The Morgan fingerprint density at radius 3 is 3.00 bits per heavy atom.